The Morgan fingerprint density at radius 1 is 1.09 bits per heavy atom. The van der Waals surface area contributed by atoms with Gasteiger partial charge in [-0.2, -0.15) is 0 Å². The van der Waals surface area contributed by atoms with Gasteiger partial charge >= 0.3 is 0 Å². The van der Waals surface area contributed by atoms with Gasteiger partial charge in [-0.1, -0.05) is 56.0 Å². The molecule has 3 N–H and O–H groups in total. The number of carbonyl (C=O) groups is 1. The second-order valence-corrected chi connectivity index (χ2v) is 6.85. The van der Waals surface area contributed by atoms with Crippen LogP contribution in [-0.2, 0) is 4.79 Å². The lowest BCUT2D eigenvalue weighted by Crippen LogP contribution is -2.33. The largest absolute Gasteiger partial charge is 0.385 e. The van der Waals surface area contributed by atoms with Gasteiger partial charge in [0.25, 0.3) is 0 Å². The third kappa shape index (κ3) is 13.2. The first-order chi connectivity index (χ1) is 10.9. The first-order valence-electron chi connectivity index (χ1n) is 8.27. The number of nitrogens with one attached hydrogen (secondary N) is 3. The lowest BCUT2D eigenvalue weighted by atomic mass is 10.1. The molecule has 0 aromatic heterocycles. The van der Waals surface area contributed by atoms with Crippen LogP contribution in [0.1, 0.15) is 46.5 Å². The Hall–Kier alpha value is -0.980. The summed E-state index contributed by atoms with van der Waals surface area (Å²) in [6, 6.07) is 0.426. The smallest absolute Gasteiger partial charge is 0.244 e. The number of carbonyl (C=O) groups excluding carboxylic acids is 1. The number of unbranched alkanes of at least 4 members (excludes halogenated alkanes) is 2. The third-order valence-electron chi connectivity index (χ3n) is 3.65. The second kappa shape index (κ2) is 13.5. The maximum atomic E-state index is 11.2. The number of hydrogen-bond donors (Lipinski definition) is 3. The molecule has 0 saturated carbocycles. The highest BCUT2D eigenvalue weighted by atomic mass is 127. The lowest BCUT2D eigenvalue weighted by Gasteiger charge is -2.21. The highest BCUT2D eigenvalue weighted by molar-refractivity contribution is 14.1. The van der Waals surface area contributed by atoms with Crippen LogP contribution in [0, 0.1) is 5.92 Å². The van der Waals surface area contributed by atoms with Crippen molar-refractivity contribution in [2.45, 2.75) is 52.5 Å². The molecule has 0 rings (SSSR count). The van der Waals surface area contributed by atoms with Crippen molar-refractivity contribution in [1.82, 2.24) is 16.0 Å². The Bertz CT molecular complexity index is 405. The van der Waals surface area contributed by atoms with Crippen LogP contribution in [0.15, 0.2) is 34.7 Å². The zero-order chi connectivity index (χ0) is 17.7. The minimum absolute atomic E-state index is 0.0212. The molecule has 0 bridgehead atoms. The van der Waals surface area contributed by atoms with Gasteiger partial charge in [0, 0.05) is 30.1 Å². The standard InChI is InChI=1S/C18H32IN3O/c1-14(2)17(5)22-16(4)13-21-15(3)9-7-6-8-12-20-18(23)10-11-19/h10-11,14,17,21-22H,3-4,6-9,12-13H2,1-2,5H3,(H,20,23)/b11-10-. The van der Waals surface area contributed by atoms with E-state index in [1.165, 1.54) is 6.08 Å². The van der Waals surface area contributed by atoms with Gasteiger partial charge in [0.05, 0.1) is 6.54 Å². The van der Waals surface area contributed by atoms with Crippen molar-refractivity contribution in [2.24, 2.45) is 5.92 Å². The fourth-order valence-corrected chi connectivity index (χ4v) is 2.15. The molecule has 0 aromatic rings. The number of allylic oxidation sites excluding steroid dienone is 1. The number of hydrogen-bond acceptors (Lipinski definition) is 3. The van der Waals surface area contributed by atoms with E-state index in [0.29, 0.717) is 18.5 Å². The molecule has 0 saturated heterocycles. The molecular formula is C18H32IN3O. The molecule has 0 heterocycles. The molecule has 0 spiro atoms. The number of amides is 1. The first kappa shape index (κ1) is 22.0. The molecule has 0 aromatic carbocycles. The average molecular weight is 433 g/mol. The van der Waals surface area contributed by atoms with Crippen LogP contribution in [0.3, 0.4) is 0 Å². The van der Waals surface area contributed by atoms with Crippen molar-refractivity contribution in [3.05, 3.63) is 34.7 Å². The molecule has 1 unspecified atom stereocenters. The summed E-state index contributed by atoms with van der Waals surface area (Å²) in [5, 5.41) is 9.56. The molecule has 1 atom stereocenters. The Morgan fingerprint density at radius 2 is 1.78 bits per heavy atom. The summed E-state index contributed by atoms with van der Waals surface area (Å²) >= 11 is 2.04. The van der Waals surface area contributed by atoms with Gasteiger partial charge in [0.15, 0.2) is 0 Å². The monoisotopic (exact) mass is 433 g/mol. The van der Waals surface area contributed by atoms with Gasteiger partial charge < -0.3 is 16.0 Å². The van der Waals surface area contributed by atoms with Crippen molar-refractivity contribution in [1.29, 1.82) is 0 Å². The van der Waals surface area contributed by atoms with Gasteiger partial charge in [0.2, 0.25) is 5.91 Å². The summed E-state index contributed by atoms with van der Waals surface area (Å²) in [5.41, 5.74) is 2.04. The minimum Gasteiger partial charge on any atom is -0.385 e. The Labute approximate surface area is 155 Å². The predicted molar refractivity (Wildman–Crippen MR) is 108 cm³/mol. The van der Waals surface area contributed by atoms with Crippen molar-refractivity contribution < 1.29 is 4.79 Å². The quantitative estimate of drug-likeness (QED) is 0.235. The van der Waals surface area contributed by atoms with Crippen LogP contribution >= 0.6 is 22.6 Å². The van der Waals surface area contributed by atoms with Crippen LogP contribution in [0.4, 0.5) is 0 Å². The van der Waals surface area contributed by atoms with E-state index < -0.39 is 0 Å². The predicted octanol–water partition coefficient (Wildman–Crippen LogP) is 3.86. The topological polar surface area (TPSA) is 53.2 Å². The van der Waals surface area contributed by atoms with E-state index in [2.05, 4.69) is 49.9 Å². The summed E-state index contributed by atoms with van der Waals surface area (Å²) < 4.78 is 1.72. The maximum Gasteiger partial charge on any atom is 0.244 e. The molecule has 0 aliphatic carbocycles. The van der Waals surface area contributed by atoms with Crippen LogP contribution in [0.25, 0.3) is 0 Å². The van der Waals surface area contributed by atoms with E-state index in [4.69, 9.17) is 0 Å². The highest BCUT2D eigenvalue weighted by Crippen LogP contribution is 2.06. The average Bonchev–Trinajstić information content (AvgIpc) is 2.48. The molecule has 0 aliphatic rings. The fourth-order valence-electron chi connectivity index (χ4n) is 1.83. The first-order valence-corrected chi connectivity index (χ1v) is 9.52. The molecule has 0 fully saturated rings. The summed E-state index contributed by atoms with van der Waals surface area (Å²) in [6.07, 6.45) is 5.64. The van der Waals surface area contributed by atoms with Crippen molar-refractivity contribution in [2.75, 3.05) is 13.1 Å². The summed E-state index contributed by atoms with van der Waals surface area (Å²) in [7, 11) is 0. The molecular weight excluding hydrogens is 401 g/mol. The van der Waals surface area contributed by atoms with E-state index in [9.17, 15) is 4.79 Å². The molecule has 4 nitrogen and oxygen atoms in total. The fraction of sp³-hybridized carbons (Fsp3) is 0.611. The van der Waals surface area contributed by atoms with Gasteiger partial charge in [0.1, 0.15) is 0 Å². The Balaban J connectivity index is 3.61. The number of rotatable bonds is 13. The molecule has 23 heavy (non-hydrogen) atoms. The normalized spacial score (nSPS) is 12.2. The van der Waals surface area contributed by atoms with Crippen molar-refractivity contribution in [3.8, 4) is 0 Å². The van der Waals surface area contributed by atoms with Crippen molar-refractivity contribution >= 4 is 28.5 Å². The number of halogens is 1. The van der Waals surface area contributed by atoms with E-state index >= 15 is 0 Å². The summed E-state index contributed by atoms with van der Waals surface area (Å²) in [4.78, 5) is 11.2. The summed E-state index contributed by atoms with van der Waals surface area (Å²) in [6.45, 7) is 16.1. The van der Waals surface area contributed by atoms with Crippen molar-refractivity contribution in [3.63, 3.8) is 0 Å². The lowest BCUT2D eigenvalue weighted by molar-refractivity contribution is -0.116. The zero-order valence-corrected chi connectivity index (χ0v) is 16.9. The molecule has 0 aliphatic heterocycles. The zero-order valence-electron chi connectivity index (χ0n) is 14.8. The maximum absolute atomic E-state index is 11.2. The van der Waals surface area contributed by atoms with E-state index in [1.54, 1.807) is 4.08 Å². The third-order valence-corrected chi connectivity index (χ3v) is 4.01. The Morgan fingerprint density at radius 3 is 2.39 bits per heavy atom. The highest BCUT2D eigenvalue weighted by Gasteiger charge is 2.06. The van der Waals surface area contributed by atoms with E-state index in [0.717, 1.165) is 43.6 Å². The minimum atomic E-state index is -0.0212. The van der Waals surface area contributed by atoms with E-state index in [1.807, 2.05) is 22.6 Å². The Kier molecular flexibility index (Phi) is 12.9. The van der Waals surface area contributed by atoms with Crippen LogP contribution in [0.2, 0.25) is 0 Å². The second-order valence-electron chi connectivity index (χ2n) is 6.13. The SMILES string of the molecule is C=C(CCCCCNC(=O)/C=C\I)NCC(=C)NC(C)C(C)C. The van der Waals surface area contributed by atoms with Crippen LogP contribution in [-0.4, -0.2) is 25.0 Å². The van der Waals surface area contributed by atoms with Gasteiger partial charge in [-0.25, -0.2) is 0 Å². The summed E-state index contributed by atoms with van der Waals surface area (Å²) in [5.74, 6) is 0.565. The van der Waals surface area contributed by atoms with E-state index in [-0.39, 0.29) is 5.91 Å². The van der Waals surface area contributed by atoms with Gasteiger partial charge in [-0.3, -0.25) is 4.79 Å². The van der Waals surface area contributed by atoms with Gasteiger partial charge in [-0.15, -0.1) is 0 Å². The molecule has 132 valence electrons. The van der Waals surface area contributed by atoms with Crippen LogP contribution < -0.4 is 16.0 Å². The van der Waals surface area contributed by atoms with Gasteiger partial charge in [-0.05, 0) is 36.2 Å². The molecule has 5 heteroatoms. The molecule has 0 radical (unpaired) electrons. The molecule has 1 amide bonds. The van der Waals surface area contributed by atoms with Crippen LogP contribution in [0.5, 0.6) is 0 Å².